The highest BCUT2D eigenvalue weighted by Gasteiger charge is 2.04. The van der Waals surface area contributed by atoms with Crippen LogP contribution in [0.15, 0.2) is 60.7 Å². The van der Waals surface area contributed by atoms with Crippen LogP contribution >= 0.6 is 0 Å². The van der Waals surface area contributed by atoms with E-state index < -0.39 is 0 Å². The fourth-order valence-electron chi connectivity index (χ4n) is 2.71. The minimum Gasteiger partial charge on any atom is -0.352 e. The zero-order valence-corrected chi connectivity index (χ0v) is 15.2. The Bertz CT molecular complexity index is 597. The molecular weight excluding hydrogens is 324 g/mol. The zero-order valence-electron chi connectivity index (χ0n) is 15.2. The number of unbranched alkanes of at least 4 members (excludes halogenated alkanes) is 2. The van der Waals surface area contributed by atoms with Crippen molar-refractivity contribution in [1.29, 1.82) is 0 Å². The van der Waals surface area contributed by atoms with Gasteiger partial charge in [0, 0.05) is 24.1 Å². The third kappa shape index (κ3) is 7.62. The van der Waals surface area contributed by atoms with Crippen LogP contribution in [-0.4, -0.2) is 31.3 Å². The highest BCUT2D eigenvalue weighted by molar-refractivity contribution is 5.96. The molecule has 0 aliphatic heterocycles. The smallest absolute Gasteiger partial charge is 0.251 e. The molecule has 4 heteroatoms. The molecule has 0 aliphatic carbocycles. The van der Waals surface area contributed by atoms with Gasteiger partial charge in [0.05, 0.1) is 0 Å². The van der Waals surface area contributed by atoms with E-state index in [9.17, 15) is 9.59 Å². The van der Waals surface area contributed by atoms with Crippen LogP contribution in [0.25, 0.3) is 0 Å². The minimum absolute atomic E-state index is 0.0197. The molecule has 0 aliphatic rings. The van der Waals surface area contributed by atoms with E-state index in [4.69, 9.17) is 0 Å². The topological polar surface area (TPSA) is 58.2 Å². The predicted molar refractivity (Wildman–Crippen MR) is 106 cm³/mol. The van der Waals surface area contributed by atoms with E-state index in [0.717, 1.165) is 44.3 Å². The summed E-state index contributed by atoms with van der Waals surface area (Å²) in [7, 11) is 0. The maximum Gasteiger partial charge on any atom is 0.251 e. The Morgan fingerprint density at radius 3 is 1.96 bits per heavy atom. The molecule has 0 spiro atoms. The van der Waals surface area contributed by atoms with Gasteiger partial charge in [-0.3, -0.25) is 9.59 Å². The summed E-state index contributed by atoms with van der Waals surface area (Å²) in [5, 5.41) is 6.30. The van der Waals surface area contributed by atoms with Crippen LogP contribution in [0, 0.1) is 0 Å². The second kappa shape index (κ2) is 12.0. The van der Waals surface area contributed by atoms with E-state index >= 15 is 0 Å². The highest BCUT2D eigenvalue weighted by Crippen LogP contribution is 2.07. The number of benzene rings is 2. The van der Waals surface area contributed by atoms with Gasteiger partial charge in [0.1, 0.15) is 0 Å². The average Bonchev–Trinajstić information content (AvgIpc) is 2.70. The van der Waals surface area contributed by atoms with Crippen molar-refractivity contribution in [2.45, 2.75) is 32.1 Å². The Kier molecular flexibility index (Phi) is 9.15. The molecule has 0 fully saturated rings. The molecule has 26 heavy (non-hydrogen) atoms. The Labute approximate surface area is 156 Å². The molecule has 0 saturated heterocycles. The lowest BCUT2D eigenvalue weighted by molar-refractivity contribution is 0.0950. The molecule has 0 saturated carbocycles. The summed E-state index contributed by atoms with van der Waals surface area (Å²) in [5.74, 6) is 0.210. The van der Waals surface area contributed by atoms with Crippen LogP contribution in [0.5, 0.6) is 0 Å². The molecular formula is C22H28N2O2. The van der Waals surface area contributed by atoms with Crippen LogP contribution in [0.4, 0.5) is 0 Å². The summed E-state index contributed by atoms with van der Waals surface area (Å²) >= 11 is 0. The highest BCUT2D eigenvalue weighted by atomic mass is 16.1. The number of hydrogen-bond acceptors (Lipinski definition) is 3. The first-order valence-electron chi connectivity index (χ1n) is 9.39. The number of carbonyl (C=O) groups excluding carboxylic acids is 2. The number of hydrogen-bond donors (Lipinski definition) is 2. The predicted octanol–water partition coefficient (Wildman–Crippen LogP) is 3.84. The quantitative estimate of drug-likeness (QED) is 0.451. The maximum absolute atomic E-state index is 12.0. The van der Waals surface area contributed by atoms with Crippen LogP contribution < -0.4 is 10.6 Å². The van der Waals surface area contributed by atoms with E-state index in [1.807, 2.05) is 60.7 Å². The largest absolute Gasteiger partial charge is 0.352 e. The number of amides is 1. The summed E-state index contributed by atoms with van der Waals surface area (Å²) < 4.78 is 0. The first-order chi connectivity index (χ1) is 12.8. The standard InChI is InChI=1S/C22H28N2O2/c25-21(19-11-4-1-5-12-19)15-8-3-9-16-23-17-10-18-24-22(26)20-13-6-2-7-14-20/h1-2,4-7,11-14,23H,3,8-10,15-18H2,(H,24,26). The van der Waals surface area contributed by atoms with E-state index in [2.05, 4.69) is 10.6 Å². The molecule has 4 nitrogen and oxygen atoms in total. The maximum atomic E-state index is 12.0. The molecule has 0 atom stereocenters. The second-order valence-electron chi connectivity index (χ2n) is 6.33. The van der Waals surface area contributed by atoms with Gasteiger partial charge in [0.2, 0.25) is 0 Å². The van der Waals surface area contributed by atoms with Crippen LogP contribution in [-0.2, 0) is 0 Å². The lowest BCUT2D eigenvalue weighted by Gasteiger charge is -2.07. The number of ketones is 1. The molecule has 0 bridgehead atoms. The van der Waals surface area contributed by atoms with Crippen molar-refractivity contribution in [3.63, 3.8) is 0 Å². The van der Waals surface area contributed by atoms with Crippen LogP contribution in [0.1, 0.15) is 52.8 Å². The Hall–Kier alpha value is -2.46. The molecule has 1 amide bonds. The van der Waals surface area contributed by atoms with Crippen molar-refractivity contribution in [1.82, 2.24) is 10.6 Å². The third-order valence-corrected chi connectivity index (χ3v) is 4.21. The molecule has 138 valence electrons. The molecule has 2 rings (SSSR count). The summed E-state index contributed by atoms with van der Waals surface area (Å²) in [5.41, 5.74) is 1.51. The first kappa shape index (κ1) is 19.9. The summed E-state index contributed by atoms with van der Waals surface area (Å²) in [6.07, 6.45) is 4.58. The molecule has 0 aromatic heterocycles. The monoisotopic (exact) mass is 352 g/mol. The van der Waals surface area contributed by atoms with Gasteiger partial charge in [0.25, 0.3) is 5.91 Å². The number of carbonyl (C=O) groups is 2. The van der Waals surface area contributed by atoms with Gasteiger partial charge in [-0.1, -0.05) is 55.0 Å². The van der Waals surface area contributed by atoms with E-state index in [-0.39, 0.29) is 11.7 Å². The summed E-state index contributed by atoms with van der Waals surface area (Å²) in [6, 6.07) is 18.7. The van der Waals surface area contributed by atoms with Crippen LogP contribution in [0.2, 0.25) is 0 Å². The number of Topliss-reactive ketones (excluding diaryl/α,β-unsaturated/α-hetero) is 1. The fraction of sp³-hybridized carbons (Fsp3) is 0.364. The normalized spacial score (nSPS) is 10.5. The Balaban J connectivity index is 1.41. The summed E-state index contributed by atoms with van der Waals surface area (Å²) in [6.45, 7) is 2.51. The third-order valence-electron chi connectivity index (χ3n) is 4.21. The second-order valence-corrected chi connectivity index (χ2v) is 6.33. The SMILES string of the molecule is O=C(CCCCCNCCCNC(=O)c1ccccc1)c1ccccc1. The van der Waals surface area contributed by atoms with E-state index in [0.29, 0.717) is 18.5 Å². The lowest BCUT2D eigenvalue weighted by Crippen LogP contribution is -2.27. The molecule has 0 unspecified atom stereocenters. The van der Waals surface area contributed by atoms with Crippen molar-refractivity contribution in [3.8, 4) is 0 Å². The van der Waals surface area contributed by atoms with Gasteiger partial charge in [-0.05, 0) is 44.5 Å². The van der Waals surface area contributed by atoms with Crippen molar-refractivity contribution in [3.05, 3.63) is 71.8 Å². The van der Waals surface area contributed by atoms with Crippen molar-refractivity contribution in [2.24, 2.45) is 0 Å². The van der Waals surface area contributed by atoms with Gasteiger partial charge >= 0.3 is 0 Å². The molecule has 2 aromatic rings. The van der Waals surface area contributed by atoms with Gasteiger partial charge in [-0.25, -0.2) is 0 Å². The fourth-order valence-corrected chi connectivity index (χ4v) is 2.71. The number of rotatable bonds is 12. The molecule has 0 radical (unpaired) electrons. The molecule has 2 aromatic carbocycles. The van der Waals surface area contributed by atoms with Crippen molar-refractivity contribution < 1.29 is 9.59 Å². The van der Waals surface area contributed by atoms with E-state index in [1.165, 1.54) is 0 Å². The van der Waals surface area contributed by atoms with Crippen LogP contribution in [0.3, 0.4) is 0 Å². The minimum atomic E-state index is -0.0197. The molecule has 0 heterocycles. The van der Waals surface area contributed by atoms with Crippen molar-refractivity contribution >= 4 is 11.7 Å². The Morgan fingerprint density at radius 2 is 1.27 bits per heavy atom. The first-order valence-corrected chi connectivity index (χ1v) is 9.39. The zero-order chi connectivity index (χ0) is 18.5. The molecule has 2 N–H and O–H groups in total. The number of nitrogens with one attached hydrogen (secondary N) is 2. The van der Waals surface area contributed by atoms with Gasteiger partial charge in [-0.2, -0.15) is 0 Å². The van der Waals surface area contributed by atoms with Crippen molar-refractivity contribution in [2.75, 3.05) is 19.6 Å². The Morgan fingerprint density at radius 1 is 0.654 bits per heavy atom. The van der Waals surface area contributed by atoms with E-state index in [1.54, 1.807) is 0 Å². The summed E-state index contributed by atoms with van der Waals surface area (Å²) in [4.78, 5) is 23.8. The van der Waals surface area contributed by atoms with Gasteiger partial charge < -0.3 is 10.6 Å². The van der Waals surface area contributed by atoms with Gasteiger partial charge in [-0.15, -0.1) is 0 Å². The van der Waals surface area contributed by atoms with Gasteiger partial charge in [0.15, 0.2) is 5.78 Å². The average molecular weight is 352 g/mol. The lowest BCUT2D eigenvalue weighted by atomic mass is 10.0.